The van der Waals surface area contributed by atoms with Crippen molar-refractivity contribution in [3.8, 4) is 11.5 Å². The van der Waals surface area contributed by atoms with Crippen molar-refractivity contribution in [2.45, 2.75) is 30.7 Å². The number of thioether (sulfide) groups is 1. The Bertz CT molecular complexity index is 1720. The van der Waals surface area contributed by atoms with Crippen molar-refractivity contribution in [2.75, 3.05) is 48.4 Å². The summed E-state index contributed by atoms with van der Waals surface area (Å²) in [6, 6.07) is 10.8. The highest BCUT2D eigenvalue weighted by Crippen LogP contribution is 2.56. The number of hydrogen-bond acceptors (Lipinski definition) is 9. The molecule has 0 atom stereocenters. The fourth-order valence-corrected chi connectivity index (χ4v) is 6.91. The topological polar surface area (TPSA) is 92.7 Å². The molecular formula is C31H29FN6O3S. The Morgan fingerprint density at radius 1 is 1.07 bits per heavy atom. The minimum atomic E-state index is -0.518. The zero-order chi connectivity index (χ0) is 28.3. The molecule has 4 aromatic rings. The largest absolute Gasteiger partial charge is 0.489 e. The Hall–Kier alpha value is -4.12. The van der Waals surface area contributed by atoms with Gasteiger partial charge in [-0.15, -0.1) is 11.8 Å². The molecule has 2 fully saturated rings. The molecule has 214 valence electrons. The molecule has 11 heteroatoms. The molecule has 1 saturated carbocycles. The van der Waals surface area contributed by atoms with Gasteiger partial charge in [0, 0.05) is 47.6 Å². The van der Waals surface area contributed by atoms with E-state index >= 15 is 0 Å². The number of pyridine rings is 3. The van der Waals surface area contributed by atoms with E-state index in [9.17, 15) is 9.18 Å². The van der Waals surface area contributed by atoms with Gasteiger partial charge in [-0.3, -0.25) is 9.78 Å². The third kappa shape index (κ3) is 4.56. The average Bonchev–Trinajstić information content (AvgIpc) is 3.83. The van der Waals surface area contributed by atoms with Gasteiger partial charge in [0.15, 0.2) is 23.1 Å². The zero-order valence-corrected chi connectivity index (χ0v) is 23.8. The Morgan fingerprint density at radius 2 is 1.95 bits per heavy atom. The molecule has 42 heavy (non-hydrogen) atoms. The molecule has 9 nitrogen and oxygen atoms in total. The first-order chi connectivity index (χ1) is 20.6. The summed E-state index contributed by atoms with van der Waals surface area (Å²) in [6.07, 6.45) is 7.09. The third-order valence-electron chi connectivity index (χ3n) is 8.42. The van der Waals surface area contributed by atoms with Gasteiger partial charge in [-0.05, 0) is 55.7 Å². The highest BCUT2D eigenvalue weighted by Gasteiger charge is 2.53. The number of hydrogen-bond donors (Lipinski definition) is 1. The van der Waals surface area contributed by atoms with E-state index in [0.29, 0.717) is 35.8 Å². The van der Waals surface area contributed by atoms with Gasteiger partial charge in [-0.2, -0.15) is 0 Å². The van der Waals surface area contributed by atoms with Gasteiger partial charge in [0.25, 0.3) is 5.91 Å². The number of nitrogens with one attached hydrogen (secondary N) is 1. The molecule has 0 bridgehead atoms. The van der Waals surface area contributed by atoms with E-state index in [2.05, 4.69) is 25.1 Å². The molecule has 1 aromatic carbocycles. The van der Waals surface area contributed by atoms with E-state index in [1.807, 2.05) is 30.5 Å². The number of carbonyl (C=O) groups excluding carboxylic acids is 1. The number of benzene rings is 1. The van der Waals surface area contributed by atoms with Gasteiger partial charge >= 0.3 is 0 Å². The molecule has 0 unspecified atom stereocenters. The number of ether oxygens (including phenoxy) is 2. The van der Waals surface area contributed by atoms with Crippen LogP contribution < -0.4 is 24.6 Å². The molecule has 1 aliphatic carbocycles. The van der Waals surface area contributed by atoms with Crippen LogP contribution in [0.1, 0.15) is 35.3 Å². The average molecular weight is 585 g/mol. The number of nitrogens with zero attached hydrogens (tertiary/aromatic N) is 5. The van der Waals surface area contributed by atoms with E-state index in [4.69, 9.17) is 14.5 Å². The van der Waals surface area contributed by atoms with Crippen LogP contribution in [0.25, 0.3) is 10.9 Å². The molecule has 0 radical (unpaired) electrons. The van der Waals surface area contributed by atoms with Crippen LogP contribution in [0.15, 0.2) is 53.7 Å². The monoisotopic (exact) mass is 584 g/mol. The van der Waals surface area contributed by atoms with Crippen LogP contribution >= 0.6 is 11.8 Å². The van der Waals surface area contributed by atoms with Gasteiger partial charge in [0.05, 0.1) is 41.5 Å². The molecule has 8 rings (SSSR count). The molecule has 1 saturated heterocycles. The molecule has 3 aliphatic heterocycles. The van der Waals surface area contributed by atoms with E-state index in [1.165, 1.54) is 30.7 Å². The van der Waals surface area contributed by atoms with Crippen molar-refractivity contribution in [1.82, 2.24) is 20.3 Å². The lowest BCUT2D eigenvalue weighted by Gasteiger charge is -2.43. The second-order valence-corrected chi connectivity index (χ2v) is 12.5. The minimum absolute atomic E-state index is 0.186. The zero-order valence-electron chi connectivity index (χ0n) is 22.9. The lowest BCUT2D eigenvalue weighted by atomic mass is 9.96. The van der Waals surface area contributed by atoms with Crippen LogP contribution in [0, 0.1) is 11.2 Å². The van der Waals surface area contributed by atoms with Gasteiger partial charge in [-0.1, -0.05) is 0 Å². The fourth-order valence-electron chi connectivity index (χ4n) is 5.93. The van der Waals surface area contributed by atoms with Crippen molar-refractivity contribution in [1.29, 1.82) is 0 Å². The summed E-state index contributed by atoms with van der Waals surface area (Å²) in [7, 11) is 0. The third-order valence-corrected chi connectivity index (χ3v) is 9.53. The summed E-state index contributed by atoms with van der Waals surface area (Å²) in [6.45, 7) is 4.02. The van der Waals surface area contributed by atoms with Crippen LogP contribution in [-0.4, -0.2) is 59.5 Å². The quantitative estimate of drug-likeness (QED) is 0.344. The molecule has 3 aromatic heterocycles. The lowest BCUT2D eigenvalue weighted by Crippen LogP contribution is -2.49. The summed E-state index contributed by atoms with van der Waals surface area (Å²) in [4.78, 5) is 32.2. The number of carbonyl (C=O) groups is 1. The maximum absolute atomic E-state index is 14.7. The SMILES string of the molecule is O=C(NCc1cc2nc(N3CCOc4c(N5CC6(CC6)C5)ccnc43)ccc2cn1)c1cc(F)c2c(c1)SCCCO2. The molecule has 4 aliphatic rings. The maximum Gasteiger partial charge on any atom is 0.251 e. The van der Waals surface area contributed by atoms with Crippen molar-refractivity contribution in [2.24, 2.45) is 5.41 Å². The first-order valence-electron chi connectivity index (χ1n) is 14.3. The van der Waals surface area contributed by atoms with Gasteiger partial charge < -0.3 is 24.6 Å². The van der Waals surface area contributed by atoms with Gasteiger partial charge in [0.2, 0.25) is 0 Å². The molecule has 1 spiro atoms. The summed E-state index contributed by atoms with van der Waals surface area (Å²) < 4.78 is 26.3. The van der Waals surface area contributed by atoms with Gasteiger partial charge in [-0.25, -0.2) is 14.4 Å². The number of halogens is 1. The van der Waals surface area contributed by atoms with Crippen molar-refractivity contribution >= 4 is 45.9 Å². The van der Waals surface area contributed by atoms with Crippen LogP contribution in [0.2, 0.25) is 0 Å². The molecule has 6 heterocycles. The lowest BCUT2D eigenvalue weighted by molar-refractivity contribution is 0.0949. The van der Waals surface area contributed by atoms with Crippen LogP contribution in [0.5, 0.6) is 11.5 Å². The Labute approximate surface area is 246 Å². The number of rotatable bonds is 5. The number of aromatic nitrogens is 3. The Balaban J connectivity index is 1.01. The predicted octanol–water partition coefficient (Wildman–Crippen LogP) is 5.10. The Morgan fingerprint density at radius 3 is 2.83 bits per heavy atom. The first kappa shape index (κ1) is 25.6. The predicted molar refractivity (Wildman–Crippen MR) is 159 cm³/mol. The van der Waals surface area contributed by atoms with Crippen LogP contribution in [0.4, 0.5) is 21.7 Å². The second-order valence-electron chi connectivity index (χ2n) is 11.4. The number of anilines is 3. The highest BCUT2D eigenvalue weighted by molar-refractivity contribution is 7.99. The first-order valence-corrected chi connectivity index (χ1v) is 15.3. The molecular weight excluding hydrogens is 555 g/mol. The normalized spacial score (nSPS) is 18.3. The second kappa shape index (κ2) is 10.0. The van der Waals surface area contributed by atoms with Crippen LogP contribution in [-0.2, 0) is 6.54 Å². The van der Waals surface area contributed by atoms with E-state index < -0.39 is 5.82 Å². The summed E-state index contributed by atoms with van der Waals surface area (Å²) in [5.74, 6) is 2.54. The maximum atomic E-state index is 14.7. The highest BCUT2D eigenvalue weighted by atomic mass is 32.2. The number of amides is 1. The number of fused-ring (bicyclic) bond motifs is 3. The van der Waals surface area contributed by atoms with Crippen molar-refractivity contribution < 1.29 is 18.7 Å². The Kier molecular flexibility index (Phi) is 6.09. The van der Waals surface area contributed by atoms with Crippen LogP contribution in [0.3, 0.4) is 0 Å². The van der Waals surface area contributed by atoms with Crippen molar-refractivity contribution in [3.63, 3.8) is 0 Å². The summed E-state index contributed by atoms with van der Waals surface area (Å²) in [5, 5.41) is 3.76. The van der Waals surface area contributed by atoms with Gasteiger partial charge in [0.1, 0.15) is 12.4 Å². The summed E-state index contributed by atoms with van der Waals surface area (Å²) >= 11 is 1.50. The van der Waals surface area contributed by atoms with E-state index in [-0.39, 0.29) is 23.8 Å². The van der Waals surface area contributed by atoms with E-state index in [1.54, 1.807) is 12.3 Å². The fraction of sp³-hybridized carbons (Fsp3) is 0.355. The minimum Gasteiger partial charge on any atom is -0.489 e. The molecule has 1 N–H and O–H groups in total. The smallest absolute Gasteiger partial charge is 0.251 e. The van der Waals surface area contributed by atoms with E-state index in [0.717, 1.165) is 59.2 Å². The summed E-state index contributed by atoms with van der Waals surface area (Å²) in [5.41, 5.74) is 3.32. The standard InChI is InChI=1S/C31H29FN6O3S/c32-22-12-20(13-25-27(22)40-9-1-11-42-25)30(39)35-16-21-14-23-19(15-34-21)2-3-26(36-23)38-8-10-41-28-24(4-7-33-29(28)38)37-17-31(18-37)5-6-31/h2-4,7,12-15H,1,5-6,8-11,16-18H2,(H,35,39). The molecule has 1 amide bonds. The van der Waals surface area contributed by atoms with Crippen molar-refractivity contribution in [3.05, 3.63) is 65.9 Å².